The van der Waals surface area contributed by atoms with Crippen molar-refractivity contribution in [2.45, 2.75) is 33.3 Å². The number of phenols is 1. The van der Waals surface area contributed by atoms with Gasteiger partial charge in [-0.25, -0.2) is 5.90 Å². The lowest BCUT2D eigenvalue weighted by atomic mass is 9.96. The first-order valence-electron chi connectivity index (χ1n) is 4.71. The minimum Gasteiger partial charge on any atom is -0.507 e. The minimum atomic E-state index is 0.248. The predicted octanol–water partition coefficient (Wildman–Crippen LogP) is 2.21. The fraction of sp³-hybridized carbons (Fsp3) is 0.455. The smallest absolute Gasteiger partial charge is 0.124 e. The van der Waals surface area contributed by atoms with E-state index in [1.807, 2.05) is 32.9 Å². The fourth-order valence-electron chi connectivity index (χ4n) is 1.49. The predicted molar refractivity (Wildman–Crippen MR) is 55.9 cm³/mol. The van der Waals surface area contributed by atoms with Gasteiger partial charge >= 0.3 is 0 Å². The Morgan fingerprint density at radius 3 is 2.57 bits per heavy atom. The van der Waals surface area contributed by atoms with Gasteiger partial charge in [0.25, 0.3) is 0 Å². The Hall–Kier alpha value is -1.06. The molecule has 0 radical (unpaired) electrons. The molecular formula is C11H17NO2. The van der Waals surface area contributed by atoms with Gasteiger partial charge in [-0.05, 0) is 24.0 Å². The Morgan fingerprint density at radius 2 is 2.07 bits per heavy atom. The zero-order chi connectivity index (χ0) is 10.7. The molecule has 0 unspecified atom stereocenters. The summed E-state index contributed by atoms with van der Waals surface area (Å²) in [7, 11) is 0. The van der Waals surface area contributed by atoms with Crippen LogP contribution in [0.3, 0.4) is 0 Å². The Bertz CT molecular complexity index is 321. The summed E-state index contributed by atoms with van der Waals surface area (Å²) < 4.78 is 0. The van der Waals surface area contributed by atoms with E-state index in [2.05, 4.69) is 4.84 Å². The van der Waals surface area contributed by atoms with Crippen LogP contribution in [0.5, 0.6) is 5.75 Å². The van der Waals surface area contributed by atoms with Gasteiger partial charge in [-0.3, -0.25) is 4.84 Å². The second-order valence-electron chi connectivity index (χ2n) is 3.76. The molecule has 0 aliphatic heterocycles. The van der Waals surface area contributed by atoms with Crippen molar-refractivity contribution < 1.29 is 9.94 Å². The molecule has 0 fully saturated rings. The number of hydrogen-bond donors (Lipinski definition) is 2. The van der Waals surface area contributed by atoms with E-state index in [1.54, 1.807) is 0 Å². The Kier molecular flexibility index (Phi) is 3.49. The van der Waals surface area contributed by atoms with Crippen molar-refractivity contribution in [3.05, 3.63) is 28.8 Å². The molecule has 0 heterocycles. The number of aryl methyl sites for hydroxylation is 1. The molecule has 0 saturated carbocycles. The van der Waals surface area contributed by atoms with Gasteiger partial charge in [0, 0.05) is 5.56 Å². The van der Waals surface area contributed by atoms with E-state index in [0.717, 1.165) is 16.7 Å². The molecule has 1 rings (SSSR count). The highest BCUT2D eigenvalue weighted by Gasteiger charge is 2.12. The molecule has 3 nitrogen and oxygen atoms in total. The third-order valence-electron chi connectivity index (χ3n) is 2.40. The molecule has 3 N–H and O–H groups in total. The zero-order valence-corrected chi connectivity index (χ0v) is 8.87. The van der Waals surface area contributed by atoms with Crippen LogP contribution < -0.4 is 5.90 Å². The highest BCUT2D eigenvalue weighted by atomic mass is 16.6. The van der Waals surface area contributed by atoms with Gasteiger partial charge < -0.3 is 5.11 Å². The van der Waals surface area contributed by atoms with Crippen LogP contribution in [-0.4, -0.2) is 5.11 Å². The lowest BCUT2D eigenvalue weighted by Crippen LogP contribution is -2.03. The van der Waals surface area contributed by atoms with E-state index in [-0.39, 0.29) is 6.61 Å². The average molecular weight is 195 g/mol. The number of benzene rings is 1. The molecule has 3 heteroatoms. The zero-order valence-electron chi connectivity index (χ0n) is 8.87. The Morgan fingerprint density at radius 1 is 1.43 bits per heavy atom. The van der Waals surface area contributed by atoms with Crippen LogP contribution >= 0.6 is 0 Å². The number of phenolic OH excluding ortho intramolecular Hbond substituents is 1. The van der Waals surface area contributed by atoms with E-state index in [1.165, 1.54) is 0 Å². The van der Waals surface area contributed by atoms with Crippen molar-refractivity contribution in [2.24, 2.45) is 5.90 Å². The molecule has 0 bridgehead atoms. The van der Waals surface area contributed by atoms with Crippen molar-refractivity contribution >= 4 is 0 Å². The number of nitrogens with two attached hydrogens (primary N) is 1. The first-order valence-corrected chi connectivity index (χ1v) is 4.71. The number of rotatable bonds is 3. The molecule has 0 aliphatic rings. The molecule has 14 heavy (non-hydrogen) atoms. The largest absolute Gasteiger partial charge is 0.507 e. The minimum absolute atomic E-state index is 0.248. The van der Waals surface area contributed by atoms with Crippen LogP contribution in [-0.2, 0) is 11.4 Å². The third kappa shape index (κ3) is 2.05. The van der Waals surface area contributed by atoms with Crippen molar-refractivity contribution in [3.8, 4) is 5.75 Å². The van der Waals surface area contributed by atoms with E-state index < -0.39 is 0 Å². The molecule has 0 aromatic heterocycles. The van der Waals surface area contributed by atoms with E-state index in [9.17, 15) is 5.11 Å². The lowest BCUT2D eigenvalue weighted by Gasteiger charge is -2.14. The Balaban J connectivity index is 3.19. The highest BCUT2D eigenvalue weighted by Crippen LogP contribution is 2.31. The lowest BCUT2D eigenvalue weighted by molar-refractivity contribution is 0.121. The van der Waals surface area contributed by atoms with Gasteiger partial charge in [0.1, 0.15) is 5.75 Å². The van der Waals surface area contributed by atoms with Crippen LogP contribution in [0.2, 0.25) is 0 Å². The second kappa shape index (κ2) is 4.44. The topological polar surface area (TPSA) is 55.5 Å². The van der Waals surface area contributed by atoms with E-state index >= 15 is 0 Å². The summed E-state index contributed by atoms with van der Waals surface area (Å²) in [4.78, 5) is 4.56. The summed E-state index contributed by atoms with van der Waals surface area (Å²) in [5.74, 6) is 5.62. The summed E-state index contributed by atoms with van der Waals surface area (Å²) in [6.07, 6.45) is 0. The van der Waals surface area contributed by atoms with Crippen molar-refractivity contribution in [1.82, 2.24) is 0 Å². The molecule has 0 saturated heterocycles. The normalized spacial score (nSPS) is 10.9. The third-order valence-corrected chi connectivity index (χ3v) is 2.40. The highest BCUT2D eigenvalue weighted by molar-refractivity contribution is 5.46. The maximum Gasteiger partial charge on any atom is 0.124 e. The molecule has 0 aliphatic carbocycles. The summed E-state index contributed by atoms with van der Waals surface area (Å²) in [6, 6.07) is 3.92. The summed E-state index contributed by atoms with van der Waals surface area (Å²) in [6.45, 7) is 6.26. The molecule has 1 aromatic carbocycles. The van der Waals surface area contributed by atoms with Crippen LogP contribution in [0.15, 0.2) is 12.1 Å². The van der Waals surface area contributed by atoms with Gasteiger partial charge in [-0.2, -0.15) is 0 Å². The van der Waals surface area contributed by atoms with Gasteiger partial charge in [-0.1, -0.05) is 26.0 Å². The van der Waals surface area contributed by atoms with Gasteiger partial charge in [0.15, 0.2) is 0 Å². The number of hydrogen-bond acceptors (Lipinski definition) is 3. The molecular weight excluding hydrogens is 178 g/mol. The fourth-order valence-corrected chi connectivity index (χ4v) is 1.49. The van der Waals surface area contributed by atoms with Crippen LogP contribution in [0.1, 0.15) is 36.5 Å². The molecule has 0 spiro atoms. The maximum absolute atomic E-state index is 9.94. The standard InChI is InChI=1S/C11H17NO2/c1-7(2)9-5-4-8(3)10(6-14-12)11(9)13/h4-5,7,13H,6,12H2,1-3H3. The van der Waals surface area contributed by atoms with Crippen molar-refractivity contribution in [3.63, 3.8) is 0 Å². The van der Waals surface area contributed by atoms with Crippen LogP contribution in [0, 0.1) is 6.92 Å². The molecule has 0 amide bonds. The van der Waals surface area contributed by atoms with Crippen molar-refractivity contribution in [1.29, 1.82) is 0 Å². The Labute approximate surface area is 84.5 Å². The van der Waals surface area contributed by atoms with E-state index in [4.69, 9.17) is 5.90 Å². The SMILES string of the molecule is Cc1ccc(C(C)C)c(O)c1CON. The summed E-state index contributed by atoms with van der Waals surface area (Å²) in [5.41, 5.74) is 2.71. The monoisotopic (exact) mass is 195 g/mol. The summed E-state index contributed by atoms with van der Waals surface area (Å²) in [5, 5.41) is 9.94. The molecule has 1 aromatic rings. The maximum atomic E-state index is 9.94. The number of aromatic hydroxyl groups is 1. The molecule has 0 atom stereocenters. The average Bonchev–Trinajstić information content (AvgIpc) is 2.11. The first kappa shape index (κ1) is 11.0. The molecule has 78 valence electrons. The van der Waals surface area contributed by atoms with Gasteiger partial charge in [-0.15, -0.1) is 0 Å². The quantitative estimate of drug-likeness (QED) is 0.727. The van der Waals surface area contributed by atoms with Crippen LogP contribution in [0.25, 0.3) is 0 Å². The first-order chi connectivity index (χ1) is 6.57. The van der Waals surface area contributed by atoms with Gasteiger partial charge in [0.05, 0.1) is 6.61 Å². The second-order valence-corrected chi connectivity index (χ2v) is 3.76. The van der Waals surface area contributed by atoms with Gasteiger partial charge in [0.2, 0.25) is 0 Å². The van der Waals surface area contributed by atoms with E-state index in [0.29, 0.717) is 11.7 Å². The summed E-state index contributed by atoms with van der Waals surface area (Å²) >= 11 is 0. The van der Waals surface area contributed by atoms with Crippen molar-refractivity contribution in [2.75, 3.05) is 0 Å². The van der Waals surface area contributed by atoms with Crippen LogP contribution in [0.4, 0.5) is 0 Å².